The van der Waals surface area contributed by atoms with Crippen LogP contribution in [0.15, 0.2) is 24.3 Å². The van der Waals surface area contributed by atoms with E-state index in [2.05, 4.69) is 10.6 Å². The van der Waals surface area contributed by atoms with E-state index in [-0.39, 0.29) is 36.6 Å². The molecule has 0 unspecified atom stereocenters. The molecule has 0 bridgehead atoms. The van der Waals surface area contributed by atoms with Crippen molar-refractivity contribution in [2.75, 3.05) is 37.8 Å². The second-order valence-electron chi connectivity index (χ2n) is 5.12. The van der Waals surface area contributed by atoms with Crippen LogP contribution in [0.4, 0.5) is 11.4 Å². The number of nitrogens with zero attached hydrogens (tertiary/aromatic N) is 1. The van der Waals surface area contributed by atoms with Gasteiger partial charge in [0.25, 0.3) is 0 Å². The fraction of sp³-hybridized carbons (Fsp3) is 0.467. The Morgan fingerprint density at radius 3 is 1.78 bits per heavy atom. The van der Waals surface area contributed by atoms with Crippen molar-refractivity contribution in [1.29, 1.82) is 0 Å². The maximum absolute atomic E-state index is 11.7. The summed E-state index contributed by atoms with van der Waals surface area (Å²) in [6, 6.07) is 7.07. The Labute approximate surface area is 150 Å². The van der Waals surface area contributed by atoms with E-state index in [1.165, 1.54) is 0 Å². The number of carbonyl (C=O) groups is 2. The van der Waals surface area contributed by atoms with Crippen LogP contribution in [0.3, 0.4) is 0 Å². The van der Waals surface area contributed by atoms with Gasteiger partial charge in [0.15, 0.2) is 0 Å². The van der Waals surface area contributed by atoms with E-state index < -0.39 is 0 Å². The smallest absolute Gasteiger partial charge is 0.225 e. The lowest BCUT2D eigenvalue weighted by atomic mass is 10.2. The molecule has 0 aromatic heterocycles. The highest BCUT2D eigenvalue weighted by Crippen LogP contribution is 2.14. The van der Waals surface area contributed by atoms with Crippen LogP contribution in [-0.2, 0) is 9.59 Å². The van der Waals surface area contributed by atoms with Crippen molar-refractivity contribution >= 4 is 48.0 Å². The lowest BCUT2D eigenvalue weighted by Gasteiger charge is -2.10. The standard InChI is InChI=1S/C15H24N4O2.2ClH/c1-19(2)11-9-15(21)18-13-7-5-12(6-8-13)17-14(20)4-3-10-16;;/h5-8H,3-4,9-11,16H2,1-2H3,(H,17,20)(H,18,21);2*1H. The van der Waals surface area contributed by atoms with Gasteiger partial charge in [0.2, 0.25) is 11.8 Å². The molecule has 0 aliphatic carbocycles. The van der Waals surface area contributed by atoms with Gasteiger partial charge in [-0.3, -0.25) is 9.59 Å². The molecule has 0 aliphatic heterocycles. The zero-order valence-electron chi connectivity index (χ0n) is 13.5. The minimum Gasteiger partial charge on any atom is -0.330 e. The van der Waals surface area contributed by atoms with Crippen molar-refractivity contribution in [3.8, 4) is 0 Å². The van der Waals surface area contributed by atoms with Gasteiger partial charge < -0.3 is 21.3 Å². The summed E-state index contributed by atoms with van der Waals surface area (Å²) in [6.45, 7) is 1.21. The Hall–Kier alpha value is -1.34. The maximum atomic E-state index is 11.7. The van der Waals surface area contributed by atoms with Crippen LogP contribution >= 0.6 is 24.8 Å². The Morgan fingerprint density at radius 1 is 0.957 bits per heavy atom. The van der Waals surface area contributed by atoms with Gasteiger partial charge in [-0.25, -0.2) is 0 Å². The number of carbonyl (C=O) groups excluding carboxylic acids is 2. The van der Waals surface area contributed by atoms with E-state index in [9.17, 15) is 9.59 Å². The van der Waals surface area contributed by atoms with Crippen LogP contribution in [0, 0.1) is 0 Å². The number of nitrogens with one attached hydrogen (secondary N) is 2. The van der Waals surface area contributed by atoms with E-state index in [1.807, 2.05) is 19.0 Å². The summed E-state index contributed by atoms with van der Waals surface area (Å²) < 4.78 is 0. The number of hydrogen-bond acceptors (Lipinski definition) is 4. The minimum absolute atomic E-state index is 0. The molecule has 0 saturated carbocycles. The zero-order chi connectivity index (χ0) is 15.7. The lowest BCUT2D eigenvalue weighted by Crippen LogP contribution is -2.20. The molecule has 1 aromatic rings. The fourth-order valence-corrected chi connectivity index (χ4v) is 1.67. The predicted octanol–water partition coefficient (Wildman–Crippen LogP) is 2.10. The SMILES string of the molecule is CN(C)CCC(=O)Nc1ccc(NC(=O)CCCN)cc1.Cl.Cl. The molecule has 23 heavy (non-hydrogen) atoms. The number of nitrogens with two attached hydrogens (primary N) is 1. The van der Waals surface area contributed by atoms with Gasteiger partial charge in [-0.15, -0.1) is 24.8 Å². The summed E-state index contributed by atoms with van der Waals surface area (Å²) >= 11 is 0. The average molecular weight is 365 g/mol. The first-order valence-electron chi connectivity index (χ1n) is 7.06. The van der Waals surface area contributed by atoms with Crippen molar-refractivity contribution in [3.05, 3.63) is 24.3 Å². The minimum atomic E-state index is -0.0526. The van der Waals surface area contributed by atoms with E-state index in [4.69, 9.17) is 5.73 Å². The molecular weight excluding hydrogens is 339 g/mol. The predicted molar refractivity (Wildman–Crippen MR) is 99.7 cm³/mol. The Kier molecular flexibility index (Phi) is 13.7. The summed E-state index contributed by atoms with van der Waals surface area (Å²) in [4.78, 5) is 25.2. The molecule has 132 valence electrons. The number of anilines is 2. The molecule has 1 aromatic carbocycles. The van der Waals surface area contributed by atoms with Crippen molar-refractivity contribution in [2.45, 2.75) is 19.3 Å². The van der Waals surface area contributed by atoms with Crippen LogP contribution in [0.5, 0.6) is 0 Å². The molecule has 0 fully saturated rings. The largest absolute Gasteiger partial charge is 0.330 e. The molecule has 1 rings (SSSR count). The van der Waals surface area contributed by atoms with Crippen molar-refractivity contribution in [3.63, 3.8) is 0 Å². The first kappa shape index (κ1) is 23.9. The molecule has 0 atom stereocenters. The monoisotopic (exact) mass is 364 g/mol. The first-order valence-corrected chi connectivity index (χ1v) is 7.06. The molecule has 6 nitrogen and oxygen atoms in total. The highest BCUT2D eigenvalue weighted by Gasteiger charge is 2.04. The van der Waals surface area contributed by atoms with Crippen molar-refractivity contribution in [2.24, 2.45) is 5.73 Å². The van der Waals surface area contributed by atoms with Crippen LogP contribution in [0.2, 0.25) is 0 Å². The zero-order valence-corrected chi connectivity index (χ0v) is 15.1. The number of benzene rings is 1. The van der Waals surface area contributed by atoms with Gasteiger partial charge in [-0.2, -0.15) is 0 Å². The topological polar surface area (TPSA) is 87.5 Å². The Bertz CT molecular complexity index is 467. The summed E-state index contributed by atoms with van der Waals surface area (Å²) in [7, 11) is 3.85. The van der Waals surface area contributed by atoms with Gasteiger partial charge in [-0.05, 0) is 51.3 Å². The third-order valence-corrected chi connectivity index (χ3v) is 2.85. The summed E-state index contributed by atoms with van der Waals surface area (Å²) in [6.07, 6.45) is 1.54. The number of hydrogen-bond donors (Lipinski definition) is 3. The molecule has 0 saturated heterocycles. The summed E-state index contributed by atoms with van der Waals surface area (Å²) in [5, 5.41) is 5.60. The van der Waals surface area contributed by atoms with E-state index in [0.29, 0.717) is 38.0 Å². The van der Waals surface area contributed by atoms with E-state index in [1.54, 1.807) is 24.3 Å². The molecule has 0 heterocycles. The first-order chi connectivity index (χ1) is 10.0. The molecule has 0 radical (unpaired) electrons. The molecule has 0 aliphatic rings. The molecule has 0 spiro atoms. The van der Waals surface area contributed by atoms with Crippen LogP contribution in [0.1, 0.15) is 19.3 Å². The molecular formula is C15H26Cl2N4O2. The van der Waals surface area contributed by atoms with Crippen LogP contribution in [-0.4, -0.2) is 43.9 Å². The Morgan fingerprint density at radius 2 is 1.39 bits per heavy atom. The third-order valence-electron chi connectivity index (χ3n) is 2.85. The fourth-order valence-electron chi connectivity index (χ4n) is 1.67. The van der Waals surface area contributed by atoms with Gasteiger partial charge in [0, 0.05) is 30.8 Å². The highest BCUT2D eigenvalue weighted by molar-refractivity contribution is 5.93. The van der Waals surface area contributed by atoms with E-state index in [0.717, 1.165) is 5.69 Å². The maximum Gasteiger partial charge on any atom is 0.225 e. The van der Waals surface area contributed by atoms with Gasteiger partial charge in [-0.1, -0.05) is 0 Å². The van der Waals surface area contributed by atoms with Crippen LogP contribution < -0.4 is 16.4 Å². The van der Waals surface area contributed by atoms with Gasteiger partial charge >= 0.3 is 0 Å². The highest BCUT2D eigenvalue weighted by atomic mass is 35.5. The molecule has 2 amide bonds. The number of amides is 2. The number of halogens is 2. The van der Waals surface area contributed by atoms with Crippen LogP contribution in [0.25, 0.3) is 0 Å². The van der Waals surface area contributed by atoms with Crippen molar-refractivity contribution < 1.29 is 9.59 Å². The lowest BCUT2D eigenvalue weighted by molar-refractivity contribution is -0.117. The summed E-state index contributed by atoms with van der Waals surface area (Å²) in [5.41, 5.74) is 6.79. The normalized spacial score (nSPS) is 9.57. The number of rotatable bonds is 8. The third kappa shape index (κ3) is 10.9. The van der Waals surface area contributed by atoms with Crippen molar-refractivity contribution in [1.82, 2.24) is 4.90 Å². The quantitative estimate of drug-likeness (QED) is 0.658. The average Bonchev–Trinajstić information content (AvgIpc) is 2.45. The Balaban J connectivity index is 0. The second-order valence-corrected chi connectivity index (χ2v) is 5.12. The second kappa shape index (κ2) is 13.1. The van der Waals surface area contributed by atoms with E-state index >= 15 is 0 Å². The molecule has 4 N–H and O–H groups in total. The summed E-state index contributed by atoms with van der Waals surface area (Å²) in [5.74, 6) is -0.0772. The molecule has 8 heteroatoms. The van der Waals surface area contributed by atoms with Gasteiger partial charge in [0.05, 0.1) is 0 Å². The van der Waals surface area contributed by atoms with Gasteiger partial charge in [0.1, 0.15) is 0 Å².